The number of amides is 2. The molecule has 1 unspecified atom stereocenters. The van der Waals surface area contributed by atoms with Crippen molar-refractivity contribution in [2.75, 3.05) is 45.8 Å². The highest BCUT2D eigenvalue weighted by molar-refractivity contribution is 5.76. The zero-order valence-corrected chi connectivity index (χ0v) is 12.1. The van der Waals surface area contributed by atoms with Crippen LogP contribution in [0.3, 0.4) is 0 Å². The molecule has 1 aliphatic rings. The van der Waals surface area contributed by atoms with Gasteiger partial charge in [0.25, 0.3) is 0 Å². The number of piperazine rings is 1. The van der Waals surface area contributed by atoms with E-state index in [9.17, 15) is 9.59 Å². The van der Waals surface area contributed by atoms with Gasteiger partial charge in [-0.3, -0.25) is 4.79 Å². The van der Waals surface area contributed by atoms with Gasteiger partial charge in [0.15, 0.2) is 0 Å². The molecule has 0 aromatic carbocycles. The molecule has 1 fully saturated rings. The second-order valence-electron chi connectivity index (χ2n) is 4.98. The molecular formula is C13H25N3O3. The summed E-state index contributed by atoms with van der Waals surface area (Å²) in [5.74, 6) is -1.39. The summed E-state index contributed by atoms with van der Waals surface area (Å²) in [5, 5.41) is 8.93. The van der Waals surface area contributed by atoms with Crippen molar-refractivity contribution in [2.45, 2.75) is 20.8 Å². The zero-order valence-electron chi connectivity index (χ0n) is 12.1. The first kappa shape index (κ1) is 15.8. The van der Waals surface area contributed by atoms with Crippen LogP contribution in [0.1, 0.15) is 20.8 Å². The molecule has 1 atom stereocenters. The SMILES string of the molecule is CCN1CCN(C(=O)N(CC)CC(C)C(=O)O)CC1. The Balaban J connectivity index is 2.52. The van der Waals surface area contributed by atoms with E-state index in [-0.39, 0.29) is 12.6 Å². The van der Waals surface area contributed by atoms with Gasteiger partial charge in [-0.05, 0) is 13.5 Å². The van der Waals surface area contributed by atoms with Gasteiger partial charge >= 0.3 is 12.0 Å². The minimum absolute atomic E-state index is 0.0358. The Morgan fingerprint density at radius 1 is 1.21 bits per heavy atom. The van der Waals surface area contributed by atoms with E-state index in [2.05, 4.69) is 11.8 Å². The number of urea groups is 1. The van der Waals surface area contributed by atoms with Crippen molar-refractivity contribution in [3.63, 3.8) is 0 Å². The van der Waals surface area contributed by atoms with Crippen LogP contribution in [0.5, 0.6) is 0 Å². The summed E-state index contributed by atoms with van der Waals surface area (Å²) in [6.07, 6.45) is 0. The second kappa shape index (κ2) is 7.33. The molecule has 2 amide bonds. The van der Waals surface area contributed by atoms with Crippen molar-refractivity contribution >= 4 is 12.0 Å². The van der Waals surface area contributed by atoms with Crippen molar-refractivity contribution in [1.82, 2.24) is 14.7 Å². The summed E-state index contributed by atoms with van der Waals surface area (Å²) in [7, 11) is 0. The standard InChI is InChI=1S/C13H25N3O3/c1-4-14-6-8-16(9-7-14)13(19)15(5-2)10-11(3)12(17)18/h11H,4-10H2,1-3H3,(H,17,18). The molecule has 0 saturated carbocycles. The normalized spacial score (nSPS) is 18.2. The van der Waals surface area contributed by atoms with Gasteiger partial charge in [-0.25, -0.2) is 4.79 Å². The number of nitrogens with zero attached hydrogens (tertiary/aromatic N) is 3. The van der Waals surface area contributed by atoms with E-state index in [0.29, 0.717) is 6.54 Å². The molecular weight excluding hydrogens is 246 g/mol. The number of hydrogen-bond donors (Lipinski definition) is 1. The summed E-state index contributed by atoms with van der Waals surface area (Å²) in [6, 6.07) is -0.0358. The molecule has 1 heterocycles. The third kappa shape index (κ3) is 4.38. The largest absolute Gasteiger partial charge is 0.481 e. The molecule has 0 spiro atoms. The van der Waals surface area contributed by atoms with Crippen molar-refractivity contribution in [1.29, 1.82) is 0 Å². The minimum atomic E-state index is -0.859. The van der Waals surface area contributed by atoms with E-state index in [4.69, 9.17) is 5.11 Å². The Morgan fingerprint density at radius 3 is 2.21 bits per heavy atom. The van der Waals surface area contributed by atoms with E-state index in [1.807, 2.05) is 11.8 Å². The number of rotatable bonds is 5. The summed E-state index contributed by atoms with van der Waals surface area (Å²) in [6.45, 7) is 10.7. The number of aliphatic carboxylic acids is 1. The molecule has 0 bridgehead atoms. The number of carboxylic acid groups (broad SMARTS) is 1. The molecule has 6 heteroatoms. The van der Waals surface area contributed by atoms with Crippen LogP contribution < -0.4 is 0 Å². The lowest BCUT2D eigenvalue weighted by atomic mass is 10.2. The third-order valence-corrected chi connectivity index (χ3v) is 3.66. The minimum Gasteiger partial charge on any atom is -0.481 e. The molecule has 19 heavy (non-hydrogen) atoms. The van der Waals surface area contributed by atoms with Crippen LogP contribution in [-0.4, -0.2) is 77.6 Å². The Bertz CT molecular complexity index is 314. The average Bonchev–Trinajstić information content (AvgIpc) is 2.43. The molecule has 6 nitrogen and oxygen atoms in total. The quantitative estimate of drug-likeness (QED) is 0.803. The van der Waals surface area contributed by atoms with Crippen molar-refractivity contribution in [3.05, 3.63) is 0 Å². The number of likely N-dealkylation sites (N-methyl/N-ethyl adjacent to an activating group) is 1. The molecule has 1 N–H and O–H groups in total. The average molecular weight is 271 g/mol. The summed E-state index contributed by atoms with van der Waals surface area (Å²) in [4.78, 5) is 29.0. The maximum atomic E-state index is 12.3. The predicted octanol–water partition coefficient (Wildman–Crippen LogP) is 0.786. The Labute approximate surface area is 115 Å². The lowest BCUT2D eigenvalue weighted by molar-refractivity contribution is -0.141. The highest BCUT2D eigenvalue weighted by Crippen LogP contribution is 2.08. The number of carbonyl (C=O) groups is 2. The van der Waals surface area contributed by atoms with Crippen LogP contribution in [0.25, 0.3) is 0 Å². The fourth-order valence-electron chi connectivity index (χ4n) is 2.21. The van der Waals surface area contributed by atoms with Gasteiger partial charge in [0.2, 0.25) is 0 Å². The van der Waals surface area contributed by atoms with Crippen molar-refractivity contribution in [3.8, 4) is 0 Å². The van der Waals surface area contributed by atoms with Gasteiger partial charge in [0, 0.05) is 39.3 Å². The Kier molecular flexibility index (Phi) is 6.08. The summed E-state index contributed by atoms with van der Waals surface area (Å²) >= 11 is 0. The lowest BCUT2D eigenvalue weighted by Gasteiger charge is -2.37. The molecule has 110 valence electrons. The monoisotopic (exact) mass is 271 g/mol. The van der Waals surface area contributed by atoms with Crippen molar-refractivity contribution < 1.29 is 14.7 Å². The molecule has 0 aliphatic carbocycles. The topological polar surface area (TPSA) is 64.1 Å². The predicted molar refractivity (Wildman–Crippen MR) is 73.1 cm³/mol. The van der Waals surface area contributed by atoms with E-state index in [0.717, 1.165) is 32.7 Å². The fourth-order valence-corrected chi connectivity index (χ4v) is 2.21. The van der Waals surface area contributed by atoms with Gasteiger partial charge in [-0.1, -0.05) is 13.8 Å². The van der Waals surface area contributed by atoms with Gasteiger partial charge in [-0.15, -0.1) is 0 Å². The van der Waals surface area contributed by atoms with Crippen LogP contribution in [0.4, 0.5) is 4.79 Å². The molecule has 0 aromatic rings. The van der Waals surface area contributed by atoms with Crippen molar-refractivity contribution in [2.24, 2.45) is 5.92 Å². The number of carbonyl (C=O) groups excluding carboxylic acids is 1. The molecule has 1 rings (SSSR count). The molecule has 0 radical (unpaired) electrons. The van der Waals surface area contributed by atoms with Crippen LogP contribution in [0, 0.1) is 5.92 Å². The highest BCUT2D eigenvalue weighted by Gasteiger charge is 2.26. The summed E-state index contributed by atoms with van der Waals surface area (Å²) in [5.41, 5.74) is 0. The first-order chi connectivity index (χ1) is 8.99. The number of carboxylic acids is 1. The Hall–Kier alpha value is -1.30. The van der Waals surface area contributed by atoms with Crippen LogP contribution in [-0.2, 0) is 4.79 Å². The van der Waals surface area contributed by atoms with E-state index >= 15 is 0 Å². The van der Waals surface area contributed by atoms with E-state index in [1.54, 1.807) is 11.8 Å². The van der Waals surface area contributed by atoms with Gasteiger partial charge in [-0.2, -0.15) is 0 Å². The first-order valence-corrected chi connectivity index (χ1v) is 6.98. The Morgan fingerprint density at radius 2 is 1.79 bits per heavy atom. The van der Waals surface area contributed by atoms with E-state index < -0.39 is 11.9 Å². The first-order valence-electron chi connectivity index (χ1n) is 6.98. The molecule has 1 saturated heterocycles. The smallest absolute Gasteiger partial charge is 0.320 e. The third-order valence-electron chi connectivity index (χ3n) is 3.66. The number of hydrogen-bond acceptors (Lipinski definition) is 3. The fraction of sp³-hybridized carbons (Fsp3) is 0.846. The van der Waals surface area contributed by atoms with Gasteiger partial charge in [0.1, 0.15) is 0 Å². The van der Waals surface area contributed by atoms with Crippen LogP contribution in [0.15, 0.2) is 0 Å². The van der Waals surface area contributed by atoms with Crippen LogP contribution in [0.2, 0.25) is 0 Å². The maximum Gasteiger partial charge on any atom is 0.320 e. The molecule has 0 aromatic heterocycles. The highest BCUT2D eigenvalue weighted by atomic mass is 16.4. The second-order valence-corrected chi connectivity index (χ2v) is 4.98. The zero-order chi connectivity index (χ0) is 14.4. The molecule has 1 aliphatic heterocycles. The van der Waals surface area contributed by atoms with Crippen LogP contribution >= 0.6 is 0 Å². The summed E-state index contributed by atoms with van der Waals surface area (Å²) < 4.78 is 0. The maximum absolute atomic E-state index is 12.3. The van der Waals surface area contributed by atoms with E-state index in [1.165, 1.54) is 0 Å². The van der Waals surface area contributed by atoms with Gasteiger partial charge in [0.05, 0.1) is 5.92 Å². The van der Waals surface area contributed by atoms with Gasteiger partial charge < -0.3 is 19.8 Å². The lowest BCUT2D eigenvalue weighted by Crippen LogP contribution is -2.53.